The number of nitrogens with one attached hydrogen (secondary N) is 1. The summed E-state index contributed by atoms with van der Waals surface area (Å²) in [6.07, 6.45) is 3.64. The Balaban J connectivity index is 2.07. The van der Waals surface area contributed by atoms with Gasteiger partial charge in [0.1, 0.15) is 5.54 Å². The van der Waals surface area contributed by atoms with Gasteiger partial charge in [-0.15, -0.1) is 0 Å². The number of carbonyl (C=O) groups excluding carboxylic acids is 1. The fraction of sp³-hybridized carbons (Fsp3) is 0.846. The summed E-state index contributed by atoms with van der Waals surface area (Å²) in [5.41, 5.74) is -0.982. The van der Waals surface area contributed by atoms with E-state index in [0.29, 0.717) is 19.4 Å². The number of aliphatic carboxylic acids is 1. The molecule has 2 aliphatic heterocycles. The number of carbonyl (C=O) groups is 2. The highest BCUT2D eigenvalue weighted by molar-refractivity contribution is 7.99. The van der Waals surface area contributed by atoms with Gasteiger partial charge in [-0.25, -0.2) is 9.59 Å². The van der Waals surface area contributed by atoms with Crippen LogP contribution in [0.25, 0.3) is 0 Å². The first-order valence-electron chi connectivity index (χ1n) is 6.99. The van der Waals surface area contributed by atoms with Crippen LogP contribution in [0.2, 0.25) is 0 Å². The normalized spacial score (nSPS) is 30.6. The molecule has 2 N–H and O–H groups in total. The molecular weight excluding hydrogens is 264 g/mol. The zero-order chi connectivity index (χ0) is 13.9. The van der Waals surface area contributed by atoms with E-state index in [2.05, 4.69) is 5.32 Å². The summed E-state index contributed by atoms with van der Waals surface area (Å²) in [6, 6.07) is 0.00655. The lowest BCUT2D eigenvalue weighted by Gasteiger charge is -2.35. The Kier molecular flexibility index (Phi) is 4.60. The number of hydrogen-bond acceptors (Lipinski definition) is 3. The second kappa shape index (κ2) is 6.03. The highest BCUT2D eigenvalue weighted by Crippen LogP contribution is 2.34. The fourth-order valence-electron chi connectivity index (χ4n) is 3.08. The Labute approximate surface area is 118 Å². The van der Waals surface area contributed by atoms with Crippen molar-refractivity contribution in [2.45, 2.75) is 50.6 Å². The van der Waals surface area contributed by atoms with Crippen LogP contribution in [0.3, 0.4) is 0 Å². The average Bonchev–Trinajstić information content (AvgIpc) is 2.99. The van der Waals surface area contributed by atoms with E-state index in [1.807, 2.05) is 18.7 Å². The summed E-state index contributed by atoms with van der Waals surface area (Å²) in [6.45, 7) is 2.52. The summed E-state index contributed by atoms with van der Waals surface area (Å²) in [5, 5.41) is 12.5. The molecule has 0 aromatic rings. The maximum Gasteiger partial charge on any atom is 0.329 e. The first-order chi connectivity index (χ1) is 9.10. The molecule has 2 rings (SSSR count). The van der Waals surface area contributed by atoms with Gasteiger partial charge in [0.15, 0.2) is 0 Å². The third-order valence-corrected chi connectivity index (χ3v) is 5.22. The van der Waals surface area contributed by atoms with Crippen LogP contribution in [0.15, 0.2) is 0 Å². The second-order valence-corrected chi connectivity index (χ2v) is 6.50. The van der Waals surface area contributed by atoms with Gasteiger partial charge in [-0.1, -0.05) is 13.3 Å². The summed E-state index contributed by atoms with van der Waals surface area (Å²) in [5.74, 6) is 1.15. The molecule has 2 amide bonds. The number of rotatable bonds is 4. The molecule has 0 radical (unpaired) electrons. The van der Waals surface area contributed by atoms with Gasteiger partial charge in [0, 0.05) is 18.3 Å². The molecule has 0 spiro atoms. The third-order valence-electron chi connectivity index (χ3n) is 4.05. The van der Waals surface area contributed by atoms with E-state index in [-0.39, 0.29) is 12.1 Å². The first kappa shape index (κ1) is 14.5. The quantitative estimate of drug-likeness (QED) is 0.828. The Hall–Kier alpha value is -0.910. The topological polar surface area (TPSA) is 69.6 Å². The van der Waals surface area contributed by atoms with Gasteiger partial charge in [0.05, 0.1) is 0 Å². The number of carboxylic acid groups (broad SMARTS) is 1. The molecule has 2 aliphatic rings. The minimum atomic E-state index is -0.982. The van der Waals surface area contributed by atoms with Crippen LogP contribution in [0, 0.1) is 0 Å². The molecule has 2 saturated heterocycles. The van der Waals surface area contributed by atoms with Crippen molar-refractivity contribution in [3.8, 4) is 0 Å². The highest BCUT2D eigenvalue weighted by Gasteiger charge is 2.49. The van der Waals surface area contributed by atoms with Crippen molar-refractivity contribution in [1.29, 1.82) is 0 Å². The lowest BCUT2D eigenvalue weighted by molar-refractivity contribution is -0.148. The second-order valence-electron chi connectivity index (χ2n) is 5.35. The number of amides is 2. The van der Waals surface area contributed by atoms with Gasteiger partial charge in [-0.3, -0.25) is 0 Å². The van der Waals surface area contributed by atoms with E-state index in [1.54, 1.807) is 4.90 Å². The van der Waals surface area contributed by atoms with Crippen LogP contribution in [-0.4, -0.2) is 51.6 Å². The monoisotopic (exact) mass is 286 g/mol. The maximum absolute atomic E-state index is 12.3. The fourth-order valence-corrected chi connectivity index (χ4v) is 4.23. The smallest absolute Gasteiger partial charge is 0.329 e. The molecule has 0 aliphatic carbocycles. The Morgan fingerprint density at radius 2 is 2.32 bits per heavy atom. The molecule has 5 nitrogen and oxygen atoms in total. The van der Waals surface area contributed by atoms with E-state index in [0.717, 1.165) is 30.8 Å². The molecule has 2 unspecified atom stereocenters. The molecule has 0 saturated carbocycles. The van der Waals surface area contributed by atoms with Gasteiger partial charge >= 0.3 is 12.0 Å². The standard InChI is InChI=1S/C13H22N2O3S/c1-2-5-13(11(16)17)6-3-7-15(13)12(18)14-10-4-8-19-9-10/h10H,2-9H2,1H3,(H,14,18)(H,16,17). The predicted octanol–water partition coefficient (Wildman–Crippen LogP) is 1.92. The number of carboxylic acids is 1. The molecule has 108 valence electrons. The van der Waals surface area contributed by atoms with Crippen molar-refractivity contribution in [2.75, 3.05) is 18.1 Å². The Bertz CT molecular complexity index is 358. The molecular formula is C13H22N2O3S. The van der Waals surface area contributed by atoms with Crippen LogP contribution in [0.1, 0.15) is 39.0 Å². The van der Waals surface area contributed by atoms with Crippen molar-refractivity contribution in [1.82, 2.24) is 10.2 Å². The summed E-state index contributed by atoms with van der Waals surface area (Å²) in [4.78, 5) is 25.5. The zero-order valence-corrected chi connectivity index (χ0v) is 12.2. The van der Waals surface area contributed by atoms with Crippen LogP contribution in [-0.2, 0) is 4.79 Å². The lowest BCUT2D eigenvalue weighted by Crippen LogP contribution is -2.57. The molecule has 0 bridgehead atoms. The zero-order valence-electron chi connectivity index (χ0n) is 11.4. The molecule has 0 aromatic carbocycles. The number of urea groups is 1. The molecule has 0 aromatic heterocycles. The Morgan fingerprint density at radius 1 is 1.53 bits per heavy atom. The van der Waals surface area contributed by atoms with Crippen LogP contribution in [0.5, 0.6) is 0 Å². The molecule has 2 fully saturated rings. The van der Waals surface area contributed by atoms with Gasteiger partial charge in [-0.05, 0) is 31.4 Å². The largest absolute Gasteiger partial charge is 0.479 e. The minimum absolute atomic E-state index is 0.194. The third kappa shape index (κ3) is 2.83. The highest BCUT2D eigenvalue weighted by atomic mass is 32.2. The summed E-state index contributed by atoms with van der Waals surface area (Å²) < 4.78 is 0. The van der Waals surface area contributed by atoms with E-state index >= 15 is 0 Å². The van der Waals surface area contributed by atoms with Crippen molar-refractivity contribution in [3.05, 3.63) is 0 Å². The summed E-state index contributed by atoms with van der Waals surface area (Å²) in [7, 11) is 0. The number of likely N-dealkylation sites (tertiary alicyclic amines) is 1. The van der Waals surface area contributed by atoms with Gasteiger partial charge in [0.2, 0.25) is 0 Å². The number of nitrogens with zero attached hydrogens (tertiary/aromatic N) is 1. The lowest BCUT2D eigenvalue weighted by atomic mass is 9.91. The maximum atomic E-state index is 12.3. The van der Waals surface area contributed by atoms with Gasteiger partial charge < -0.3 is 15.3 Å². The summed E-state index contributed by atoms with van der Waals surface area (Å²) >= 11 is 1.83. The SMILES string of the molecule is CCCC1(C(=O)O)CCCN1C(=O)NC1CCSC1. The van der Waals surface area contributed by atoms with Crippen molar-refractivity contribution < 1.29 is 14.7 Å². The van der Waals surface area contributed by atoms with Crippen molar-refractivity contribution >= 4 is 23.8 Å². The first-order valence-corrected chi connectivity index (χ1v) is 8.15. The minimum Gasteiger partial charge on any atom is -0.479 e. The molecule has 19 heavy (non-hydrogen) atoms. The van der Waals surface area contributed by atoms with Gasteiger partial charge in [0.25, 0.3) is 0 Å². The number of thioether (sulfide) groups is 1. The van der Waals surface area contributed by atoms with Gasteiger partial charge in [-0.2, -0.15) is 11.8 Å². The predicted molar refractivity (Wildman–Crippen MR) is 75.5 cm³/mol. The van der Waals surface area contributed by atoms with E-state index < -0.39 is 11.5 Å². The van der Waals surface area contributed by atoms with Crippen molar-refractivity contribution in [2.24, 2.45) is 0 Å². The van der Waals surface area contributed by atoms with Crippen LogP contribution < -0.4 is 5.32 Å². The molecule has 6 heteroatoms. The van der Waals surface area contributed by atoms with E-state index in [4.69, 9.17) is 0 Å². The molecule has 2 heterocycles. The average molecular weight is 286 g/mol. The van der Waals surface area contributed by atoms with Crippen LogP contribution in [0.4, 0.5) is 4.79 Å². The number of hydrogen-bond donors (Lipinski definition) is 2. The van der Waals surface area contributed by atoms with E-state index in [1.165, 1.54) is 0 Å². The Morgan fingerprint density at radius 3 is 2.89 bits per heavy atom. The molecule has 2 atom stereocenters. The van der Waals surface area contributed by atoms with E-state index in [9.17, 15) is 14.7 Å². The van der Waals surface area contributed by atoms with Crippen molar-refractivity contribution in [3.63, 3.8) is 0 Å². The van der Waals surface area contributed by atoms with Crippen LogP contribution >= 0.6 is 11.8 Å².